The first-order valence-corrected chi connectivity index (χ1v) is 11.4. The van der Waals surface area contributed by atoms with Gasteiger partial charge in [0.1, 0.15) is 5.75 Å². The summed E-state index contributed by atoms with van der Waals surface area (Å²) in [6.45, 7) is 7.61. The molecule has 6 nitrogen and oxygen atoms in total. The van der Waals surface area contributed by atoms with Gasteiger partial charge in [0.25, 0.3) is 15.9 Å². The molecular weight excluding hydrogens is 412 g/mol. The summed E-state index contributed by atoms with van der Waals surface area (Å²) in [6.07, 6.45) is -0.719. The maximum atomic E-state index is 12.6. The SMILES string of the molecule is Cc1cc(C)c(C)c(O[C@@H](C)C(=O)Nc2ccc(S(=O)(=O)Nc3ccccc3)cc2)c1. The number of carbonyl (C=O) groups excluding carboxylic acids is 1. The lowest BCUT2D eigenvalue weighted by molar-refractivity contribution is -0.122. The number of nitrogens with one attached hydrogen (secondary N) is 2. The number of benzene rings is 3. The molecule has 0 aliphatic carbocycles. The van der Waals surface area contributed by atoms with Gasteiger partial charge in [-0.2, -0.15) is 0 Å². The highest BCUT2D eigenvalue weighted by atomic mass is 32.2. The summed E-state index contributed by atoms with van der Waals surface area (Å²) in [4.78, 5) is 12.7. The Balaban J connectivity index is 1.66. The van der Waals surface area contributed by atoms with Crippen molar-refractivity contribution in [2.75, 3.05) is 10.0 Å². The molecule has 0 spiro atoms. The Morgan fingerprint density at radius 1 is 0.903 bits per heavy atom. The number of hydrogen-bond donors (Lipinski definition) is 2. The lowest BCUT2D eigenvalue weighted by Crippen LogP contribution is -2.30. The predicted octanol–water partition coefficient (Wildman–Crippen LogP) is 4.82. The van der Waals surface area contributed by atoms with E-state index in [-0.39, 0.29) is 10.8 Å². The fourth-order valence-corrected chi connectivity index (χ4v) is 4.11. The molecule has 3 aromatic carbocycles. The van der Waals surface area contributed by atoms with Crippen molar-refractivity contribution in [2.45, 2.75) is 38.7 Å². The van der Waals surface area contributed by atoms with Gasteiger partial charge in [-0.3, -0.25) is 9.52 Å². The van der Waals surface area contributed by atoms with Crippen LogP contribution in [0.25, 0.3) is 0 Å². The summed E-state index contributed by atoms with van der Waals surface area (Å²) in [5, 5.41) is 2.76. The van der Waals surface area contributed by atoms with E-state index in [1.165, 1.54) is 12.1 Å². The van der Waals surface area contributed by atoms with E-state index >= 15 is 0 Å². The topological polar surface area (TPSA) is 84.5 Å². The van der Waals surface area contributed by atoms with Crippen molar-refractivity contribution in [3.05, 3.63) is 83.4 Å². The van der Waals surface area contributed by atoms with Gasteiger partial charge in [0.2, 0.25) is 0 Å². The second kappa shape index (κ2) is 9.22. The fourth-order valence-electron chi connectivity index (χ4n) is 3.05. The molecule has 0 saturated carbocycles. The van der Waals surface area contributed by atoms with Crippen molar-refractivity contribution in [2.24, 2.45) is 0 Å². The highest BCUT2D eigenvalue weighted by molar-refractivity contribution is 7.92. The van der Waals surface area contributed by atoms with Gasteiger partial charge >= 0.3 is 0 Å². The summed E-state index contributed by atoms with van der Waals surface area (Å²) in [6, 6.07) is 18.6. The van der Waals surface area contributed by atoms with Crippen LogP contribution in [0.4, 0.5) is 11.4 Å². The number of hydrogen-bond acceptors (Lipinski definition) is 4. The number of ether oxygens (including phenoxy) is 1. The first-order valence-electron chi connectivity index (χ1n) is 9.89. The highest BCUT2D eigenvalue weighted by Crippen LogP contribution is 2.25. The average molecular weight is 439 g/mol. The predicted molar refractivity (Wildman–Crippen MR) is 123 cm³/mol. The van der Waals surface area contributed by atoms with Crippen LogP contribution in [0.2, 0.25) is 0 Å². The molecule has 0 fully saturated rings. The van der Waals surface area contributed by atoms with Crippen molar-refractivity contribution in [3.63, 3.8) is 0 Å². The van der Waals surface area contributed by atoms with Gasteiger partial charge in [-0.15, -0.1) is 0 Å². The average Bonchev–Trinajstić information content (AvgIpc) is 2.72. The molecule has 3 aromatic rings. The van der Waals surface area contributed by atoms with E-state index in [1.54, 1.807) is 49.4 Å². The van der Waals surface area contributed by atoms with E-state index in [1.807, 2.05) is 26.8 Å². The van der Waals surface area contributed by atoms with Crippen LogP contribution >= 0.6 is 0 Å². The minimum absolute atomic E-state index is 0.101. The lowest BCUT2D eigenvalue weighted by atomic mass is 10.1. The van der Waals surface area contributed by atoms with Crippen LogP contribution in [0.15, 0.2) is 71.6 Å². The van der Waals surface area contributed by atoms with Crippen LogP contribution in [0.3, 0.4) is 0 Å². The molecule has 0 unspecified atom stereocenters. The van der Waals surface area contributed by atoms with Crippen molar-refractivity contribution < 1.29 is 17.9 Å². The van der Waals surface area contributed by atoms with E-state index in [2.05, 4.69) is 16.1 Å². The van der Waals surface area contributed by atoms with E-state index in [9.17, 15) is 13.2 Å². The molecule has 162 valence electrons. The Labute approximate surface area is 183 Å². The summed E-state index contributed by atoms with van der Waals surface area (Å²) >= 11 is 0. The monoisotopic (exact) mass is 438 g/mol. The first kappa shape index (κ1) is 22.4. The summed E-state index contributed by atoms with van der Waals surface area (Å²) in [5.74, 6) is 0.352. The molecule has 0 bridgehead atoms. The molecular formula is C24H26N2O4S. The maximum absolute atomic E-state index is 12.6. The molecule has 0 saturated heterocycles. The van der Waals surface area contributed by atoms with Crippen LogP contribution in [0.5, 0.6) is 5.75 Å². The van der Waals surface area contributed by atoms with E-state index in [4.69, 9.17) is 4.74 Å². The van der Waals surface area contributed by atoms with Crippen LogP contribution in [0, 0.1) is 20.8 Å². The second-order valence-electron chi connectivity index (χ2n) is 7.45. The second-order valence-corrected chi connectivity index (χ2v) is 9.13. The molecule has 0 aromatic heterocycles. The molecule has 3 rings (SSSR count). The van der Waals surface area contributed by atoms with Crippen molar-refractivity contribution in [1.82, 2.24) is 0 Å². The smallest absolute Gasteiger partial charge is 0.265 e. The normalized spacial score (nSPS) is 12.1. The molecule has 7 heteroatoms. The minimum Gasteiger partial charge on any atom is -0.481 e. The molecule has 2 N–H and O–H groups in total. The summed E-state index contributed by atoms with van der Waals surface area (Å²) < 4.78 is 33.4. The maximum Gasteiger partial charge on any atom is 0.265 e. The van der Waals surface area contributed by atoms with Gasteiger partial charge in [-0.1, -0.05) is 24.3 Å². The quantitative estimate of drug-likeness (QED) is 0.554. The molecule has 0 aliphatic rings. The van der Waals surface area contributed by atoms with Crippen LogP contribution < -0.4 is 14.8 Å². The zero-order valence-electron chi connectivity index (χ0n) is 18.0. The Morgan fingerprint density at radius 2 is 1.55 bits per heavy atom. The van der Waals surface area contributed by atoms with E-state index in [0.29, 0.717) is 17.1 Å². The minimum atomic E-state index is -3.72. The number of aryl methyl sites for hydroxylation is 2. The van der Waals surface area contributed by atoms with E-state index < -0.39 is 16.1 Å². The van der Waals surface area contributed by atoms with Crippen LogP contribution in [-0.2, 0) is 14.8 Å². The number of rotatable bonds is 7. The Kier molecular flexibility index (Phi) is 6.65. The standard InChI is InChI=1S/C24H26N2O4S/c1-16-14-17(2)18(3)23(15-16)30-19(4)24(27)25-20-10-12-22(13-11-20)31(28,29)26-21-8-6-5-7-9-21/h5-15,19,26H,1-4H3,(H,25,27)/t19-/m0/s1. The van der Waals surface area contributed by atoms with Crippen LogP contribution in [0.1, 0.15) is 23.6 Å². The Hall–Kier alpha value is -3.32. The summed E-state index contributed by atoms with van der Waals surface area (Å²) in [5.41, 5.74) is 4.12. The molecule has 1 atom stereocenters. The highest BCUT2D eigenvalue weighted by Gasteiger charge is 2.18. The molecule has 0 aliphatic heterocycles. The molecule has 1 amide bonds. The number of anilines is 2. The third-order valence-electron chi connectivity index (χ3n) is 4.90. The van der Waals surface area contributed by atoms with Crippen LogP contribution in [-0.4, -0.2) is 20.4 Å². The van der Waals surface area contributed by atoms with E-state index in [0.717, 1.165) is 16.7 Å². The van der Waals surface area contributed by atoms with Gasteiger partial charge in [0.15, 0.2) is 6.10 Å². The Bertz CT molecular complexity index is 1170. The van der Waals surface area contributed by atoms with Gasteiger partial charge in [0, 0.05) is 11.4 Å². The zero-order chi connectivity index (χ0) is 22.6. The van der Waals surface area contributed by atoms with Gasteiger partial charge in [-0.25, -0.2) is 8.42 Å². The Morgan fingerprint density at radius 3 is 2.19 bits per heavy atom. The third kappa shape index (κ3) is 5.64. The van der Waals surface area contributed by atoms with Gasteiger partial charge in [-0.05, 0) is 86.8 Å². The largest absolute Gasteiger partial charge is 0.481 e. The third-order valence-corrected chi connectivity index (χ3v) is 6.29. The van der Waals surface area contributed by atoms with Crippen molar-refractivity contribution >= 4 is 27.3 Å². The lowest BCUT2D eigenvalue weighted by Gasteiger charge is -2.18. The number of sulfonamides is 1. The number of para-hydroxylation sites is 1. The fraction of sp³-hybridized carbons (Fsp3) is 0.208. The van der Waals surface area contributed by atoms with Crippen molar-refractivity contribution in [1.29, 1.82) is 0 Å². The van der Waals surface area contributed by atoms with Crippen molar-refractivity contribution in [3.8, 4) is 5.75 Å². The molecule has 0 radical (unpaired) electrons. The molecule has 0 heterocycles. The summed E-state index contributed by atoms with van der Waals surface area (Å²) in [7, 11) is -3.72. The zero-order valence-corrected chi connectivity index (χ0v) is 18.8. The number of carbonyl (C=O) groups is 1. The first-order chi connectivity index (χ1) is 14.7. The number of amides is 1. The van der Waals surface area contributed by atoms with Gasteiger partial charge in [0.05, 0.1) is 4.90 Å². The van der Waals surface area contributed by atoms with Gasteiger partial charge < -0.3 is 10.1 Å². The molecule has 31 heavy (non-hydrogen) atoms.